The Balaban J connectivity index is 1.89. The molecule has 0 aliphatic heterocycles. The molecule has 0 heterocycles. The summed E-state index contributed by atoms with van der Waals surface area (Å²) in [5, 5.41) is 0. The van der Waals surface area contributed by atoms with E-state index in [2.05, 4.69) is 0 Å². The summed E-state index contributed by atoms with van der Waals surface area (Å²) in [6.45, 7) is 8.46. The van der Waals surface area contributed by atoms with Crippen LogP contribution in [-0.4, -0.2) is 20.8 Å². The van der Waals surface area contributed by atoms with Crippen LogP contribution in [0.25, 0.3) is 0 Å². The van der Waals surface area contributed by atoms with E-state index in [4.69, 9.17) is 0 Å². The molecule has 2 nitrogen and oxygen atoms in total. The minimum Gasteiger partial charge on any atom is -0.219 e. The van der Waals surface area contributed by atoms with Crippen LogP contribution in [0.15, 0.2) is 88.7 Å². The number of alkyl halides is 6. The van der Waals surface area contributed by atoms with Gasteiger partial charge in [-0.25, -0.2) is 8.42 Å². The molecule has 4 aromatic rings. The largest absolute Gasteiger partial charge is 0.411 e. The number of hydrogen-bond donors (Lipinski definition) is 0. The van der Waals surface area contributed by atoms with E-state index in [1.54, 1.807) is 39.8 Å². The SMILES string of the molecule is Cc1ccc(C(c2ccc(C)c(Cc3cc(S(=O)(=O)c4ccc(C)cc4)cc(C)c3C)c2)(C(F)(F)F)C(F)(F)F)cc1. The molecule has 0 radical (unpaired) electrons. The molecule has 0 bridgehead atoms. The van der Waals surface area contributed by atoms with Crippen molar-refractivity contribution in [3.63, 3.8) is 0 Å². The van der Waals surface area contributed by atoms with Gasteiger partial charge in [0.25, 0.3) is 0 Å². The van der Waals surface area contributed by atoms with Gasteiger partial charge >= 0.3 is 12.4 Å². The average Bonchev–Trinajstić information content (AvgIpc) is 2.88. The van der Waals surface area contributed by atoms with Crippen LogP contribution < -0.4 is 0 Å². The Morgan fingerprint density at radius 2 is 1.05 bits per heavy atom. The first-order chi connectivity index (χ1) is 19.4. The Hall–Kier alpha value is -3.59. The lowest BCUT2D eigenvalue weighted by atomic mass is 9.72. The summed E-state index contributed by atoms with van der Waals surface area (Å²) < 4.78 is 115. The molecule has 42 heavy (non-hydrogen) atoms. The van der Waals surface area contributed by atoms with E-state index in [1.807, 2.05) is 6.92 Å². The second-order valence-electron chi connectivity index (χ2n) is 10.8. The number of aryl methyl sites for hydroxylation is 4. The van der Waals surface area contributed by atoms with Crippen molar-refractivity contribution in [1.29, 1.82) is 0 Å². The van der Waals surface area contributed by atoms with Crippen LogP contribution >= 0.6 is 0 Å². The van der Waals surface area contributed by atoms with Crippen molar-refractivity contribution in [3.8, 4) is 0 Å². The van der Waals surface area contributed by atoms with Gasteiger partial charge in [-0.3, -0.25) is 0 Å². The third-order valence-electron chi connectivity index (χ3n) is 7.89. The monoisotopic (exact) mass is 604 g/mol. The molecule has 0 amide bonds. The van der Waals surface area contributed by atoms with Gasteiger partial charge in [0.05, 0.1) is 9.79 Å². The van der Waals surface area contributed by atoms with E-state index in [9.17, 15) is 34.8 Å². The maximum atomic E-state index is 14.7. The molecular weight excluding hydrogens is 574 g/mol. The molecule has 0 aromatic heterocycles. The van der Waals surface area contributed by atoms with Crippen molar-refractivity contribution in [1.82, 2.24) is 0 Å². The molecule has 222 valence electrons. The van der Waals surface area contributed by atoms with Gasteiger partial charge in [0, 0.05) is 0 Å². The van der Waals surface area contributed by atoms with Gasteiger partial charge in [0.15, 0.2) is 0 Å². The summed E-state index contributed by atoms with van der Waals surface area (Å²) in [6.07, 6.45) is -11.5. The third-order valence-corrected chi connectivity index (χ3v) is 9.64. The fourth-order valence-electron chi connectivity index (χ4n) is 5.17. The first-order valence-electron chi connectivity index (χ1n) is 13.1. The molecule has 0 N–H and O–H groups in total. The molecule has 0 saturated heterocycles. The van der Waals surface area contributed by atoms with Crippen molar-refractivity contribution in [2.75, 3.05) is 0 Å². The summed E-state index contributed by atoms with van der Waals surface area (Å²) in [5.74, 6) is 0. The zero-order valence-corrected chi connectivity index (χ0v) is 24.5. The highest BCUT2D eigenvalue weighted by atomic mass is 32.2. The molecule has 0 atom stereocenters. The molecule has 0 spiro atoms. The van der Waals surface area contributed by atoms with Crippen LogP contribution in [0.2, 0.25) is 0 Å². The van der Waals surface area contributed by atoms with Crippen molar-refractivity contribution < 1.29 is 34.8 Å². The number of rotatable bonds is 6. The fraction of sp³-hybridized carbons (Fsp3) is 0.273. The average molecular weight is 605 g/mol. The quantitative estimate of drug-likeness (QED) is 0.206. The molecular formula is C33H30F6O2S. The second kappa shape index (κ2) is 10.9. The molecule has 0 unspecified atom stereocenters. The van der Waals surface area contributed by atoms with Crippen molar-refractivity contribution in [3.05, 3.63) is 129 Å². The number of sulfone groups is 1. The fourth-order valence-corrected chi connectivity index (χ4v) is 6.57. The van der Waals surface area contributed by atoms with E-state index in [0.717, 1.165) is 29.8 Å². The number of benzene rings is 4. The highest BCUT2D eigenvalue weighted by Crippen LogP contribution is 2.56. The predicted octanol–water partition coefficient (Wildman–Crippen LogP) is 9.06. The lowest BCUT2D eigenvalue weighted by molar-refractivity contribution is -0.288. The standard InChI is InChI=1S/C33H30F6O2S/c1-20-6-11-27(12-7-20)31(32(34,35)36,33(37,38)39)28-13-10-22(3)25(18-28)17-26-19-30(16-23(4)24(26)5)42(40,41)29-14-8-21(2)9-15-29/h6-16,18-19H,17H2,1-5H3. The third kappa shape index (κ3) is 5.46. The Labute approximate surface area is 242 Å². The van der Waals surface area contributed by atoms with E-state index in [-0.39, 0.29) is 21.8 Å². The van der Waals surface area contributed by atoms with Gasteiger partial charge < -0.3 is 0 Å². The molecule has 0 saturated carbocycles. The zero-order chi connectivity index (χ0) is 31.3. The highest BCUT2D eigenvalue weighted by Gasteiger charge is 2.72. The van der Waals surface area contributed by atoms with Gasteiger partial charge in [-0.15, -0.1) is 0 Å². The van der Waals surface area contributed by atoms with Gasteiger partial charge in [0.1, 0.15) is 0 Å². The summed E-state index contributed by atoms with van der Waals surface area (Å²) >= 11 is 0. The molecule has 0 aliphatic carbocycles. The van der Waals surface area contributed by atoms with Crippen molar-refractivity contribution >= 4 is 9.84 Å². The first kappa shape index (κ1) is 31.3. The van der Waals surface area contributed by atoms with Crippen molar-refractivity contribution in [2.24, 2.45) is 0 Å². The van der Waals surface area contributed by atoms with Crippen LogP contribution in [0.5, 0.6) is 0 Å². The minimum atomic E-state index is -5.71. The van der Waals surface area contributed by atoms with E-state index >= 15 is 0 Å². The zero-order valence-electron chi connectivity index (χ0n) is 23.7. The maximum absolute atomic E-state index is 14.7. The van der Waals surface area contributed by atoms with Crippen molar-refractivity contribution in [2.45, 2.75) is 68.6 Å². The topological polar surface area (TPSA) is 34.1 Å². The second-order valence-corrected chi connectivity index (χ2v) is 12.7. The first-order valence-corrected chi connectivity index (χ1v) is 14.6. The van der Waals surface area contributed by atoms with Gasteiger partial charge in [-0.1, -0.05) is 65.7 Å². The smallest absolute Gasteiger partial charge is 0.219 e. The van der Waals surface area contributed by atoms with E-state index in [0.29, 0.717) is 27.8 Å². The van der Waals surface area contributed by atoms with E-state index < -0.39 is 38.7 Å². The summed E-state index contributed by atoms with van der Waals surface area (Å²) in [4.78, 5) is 0.0802. The number of hydrogen-bond acceptors (Lipinski definition) is 2. The Morgan fingerprint density at radius 3 is 1.57 bits per heavy atom. The molecule has 0 fully saturated rings. The van der Waals surface area contributed by atoms with Gasteiger partial charge in [0.2, 0.25) is 15.3 Å². The lowest BCUT2D eigenvalue weighted by Gasteiger charge is -2.38. The van der Waals surface area contributed by atoms with Gasteiger partial charge in [-0.05, 0) is 104 Å². The Kier molecular flexibility index (Phi) is 8.15. The van der Waals surface area contributed by atoms with Gasteiger partial charge in [-0.2, -0.15) is 26.3 Å². The maximum Gasteiger partial charge on any atom is 0.411 e. The van der Waals surface area contributed by atoms with Crippen LogP contribution in [0, 0.1) is 34.6 Å². The predicted molar refractivity (Wildman–Crippen MR) is 151 cm³/mol. The highest BCUT2D eigenvalue weighted by molar-refractivity contribution is 7.91. The molecule has 4 aromatic carbocycles. The molecule has 9 heteroatoms. The Bertz CT molecular complexity index is 1700. The summed E-state index contributed by atoms with van der Waals surface area (Å²) in [5.41, 5.74) is -2.23. The normalized spacial score (nSPS) is 12.9. The van der Waals surface area contributed by atoms with Crippen LogP contribution in [0.3, 0.4) is 0 Å². The number of halogens is 6. The summed E-state index contributed by atoms with van der Waals surface area (Å²) in [7, 11) is -3.93. The lowest BCUT2D eigenvalue weighted by Crippen LogP contribution is -2.54. The molecule has 4 rings (SSSR count). The van der Waals surface area contributed by atoms with Crippen LogP contribution in [-0.2, 0) is 21.7 Å². The van der Waals surface area contributed by atoms with Crippen LogP contribution in [0.4, 0.5) is 26.3 Å². The van der Waals surface area contributed by atoms with E-state index in [1.165, 1.54) is 42.5 Å². The minimum absolute atomic E-state index is 0.00199. The summed E-state index contributed by atoms with van der Waals surface area (Å²) in [6, 6.07) is 16.5. The van der Waals surface area contributed by atoms with Crippen LogP contribution in [0.1, 0.15) is 50.1 Å². The molecule has 0 aliphatic rings. The Morgan fingerprint density at radius 1 is 0.548 bits per heavy atom.